The Morgan fingerprint density at radius 1 is 1.67 bits per heavy atom. The maximum atomic E-state index is 9.34. The third-order valence-corrected chi connectivity index (χ3v) is 4.07. The van der Waals surface area contributed by atoms with Crippen molar-refractivity contribution in [2.24, 2.45) is 5.41 Å². The van der Waals surface area contributed by atoms with Gasteiger partial charge in [-0.3, -0.25) is 4.98 Å². The van der Waals surface area contributed by atoms with E-state index in [1.165, 1.54) is 4.88 Å². The Balaban J connectivity index is 2.34. The zero-order valence-electron chi connectivity index (χ0n) is 7.37. The van der Waals surface area contributed by atoms with Crippen LogP contribution in [-0.4, -0.2) is 16.7 Å². The zero-order chi connectivity index (χ0) is 8.82. The molecule has 0 spiro atoms. The molecule has 1 fully saturated rings. The van der Waals surface area contributed by atoms with Crippen molar-refractivity contribution in [3.05, 3.63) is 16.6 Å². The Bertz CT molecular complexity index is 281. The standard InChI is InChI=1S/C9H13NOS/c1-8(2)4-9(8,5-11)7-3-10-6-12-7/h3,6,11H,4-5H2,1-2H3. The van der Waals surface area contributed by atoms with Gasteiger partial charge in [0.15, 0.2) is 0 Å². The summed E-state index contributed by atoms with van der Waals surface area (Å²) < 4.78 is 0. The molecule has 1 aliphatic carbocycles. The molecular weight excluding hydrogens is 170 g/mol. The summed E-state index contributed by atoms with van der Waals surface area (Å²) in [5.41, 5.74) is 2.11. The van der Waals surface area contributed by atoms with E-state index in [1.807, 2.05) is 11.7 Å². The first kappa shape index (κ1) is 8.20. The number of thiazole rings is 1. The van der Waals surface area contributed by atoms with Crippen molar-refractivity contribution in [2.75, 3.05) is 6.61 Å². The van der Waals surface area contributed by atoms with Gasteiger partial charge < -0.3 is 5.11 Å². The first-order valence-corrected chi connectivity index (χ1v) is 5.00. The van der Waals surface area contributed by atoms with Crippen LogP contribution in [0.1, 0.15) is 25.1 Å². The normalized spacial score (nSPS) is 31.9. The summed E-state index contributed by atoms with van der Waals surface area (Å²) in [7, 11) is 0. The van der Waals surface area contributed by atoms with Gasteiger partial charge in [-0.05, 0) is 11.8 Å². The number of hydrogen-bond donors (Lipinski definition) is 1. The fraction of sp³-hybridized carbons (Fsp3) is 0.667. The van der Waals surface area contributed by atoms with Gasteiger partial charge in [-0.1, -0.05) is 13.8 Å². The second-order valence-electron chi connectivity index (χ2n) is 4.17. The number of aliphatic hydroxyl groups is 1. The van der Waals surface area contributed by atoms with Gasteiger partial charge in [-0.25, -0.2) is 0 Å². The van der Waals surface area contributed by atoms with Gasteiger partial charge in [0.05, 0.1) is 12.1 Å². The Labute approximate surface area is 76.3 Å². The van der Waals surface area contributed by atoms with Gasteiger partial charge in [0.1, 0.15) is 0 Å². The third-order valence-electron chi connectivity index (χ3n) is 3.09. The van der Waals surface area contributed by atoms with Crippen LogP contribution in [0.4, 0.5) is 0 Å². The average Bonchev–Trinajstić information content (AvgIpc) is 2.52. The van der Waals surface area contributed by atoms with Crippen LogP contribution in [-0.2, 0) is 5.41 Å². The highest BCUT2D eigenvalue weighted by molar-refractivity contribution is 7.09. The maximum absolute atomic E-state index is 9.34. The van der Waals surface area contributed by atoms with Crippen molar-refractivity contribution in [1.82, 2.24) is 4.98 Å². The molecule has 0 bridgehead atoms. The molecule has 1 saturated carbocycles. The molecular formula is C9H13NOS. The first-order chi connectivity index (χ1) is 5.62. The summed E-state index contributed by atoms with van der Waals surface area (Å²) in [5.74, 6) is 0. The highest BCUT2D eigenvalue weighted by Gasteiger charge is 2.62. The molecule has 1 aromatic rings. The van der Waals surface area contributed by atoms with Gasteiger partial charge in [-0.15, -0.1) is 11.3 Å². The SMILES string of the molecule is CC1(C)CC1(CO)c1cncs1. The molecule has 0 aromatic carbocycles. The van der Waals surface area contributed by atoms with Gasteiger partial charge in [0.25, 0.3) is 0 Å². The number of aromatic nitrogens is 1. The Kier molecular flexibility index (Phi) is 1.57. The van der Waals surface area contributed by atoms with Crippen molar-refractivity contribution in [3.8, 4) is 0 Å². The number of rotatable bonds is 2. The highest BCUT2D eigenvalue weighted by Crippen LogP contribution is 2.64. The van der Waals surface area contributed by atoms with Crippen LogP contribution in [0.3, 0.4) is 0 Å². The van der Waals surface area contributed by atoms with Crippen LogP contribution in [0.15, 0.2) is 11.7 Å². The lowest BCUT2D eigenvalue weighted by Crippen LogP contribution is -2.17. The molecule has 3 heteroatoms. The fourth-order valence-electron chi connectivity index (χ4n) is 1.93. The largest absolute Gasteiger partial charge is 0.395 e. The van der Waals surface area contributed by atoms with Gasteiger partial charge in [0, 0.05) is 16.5 Å². The van der Waals surface area contributed by atoms with E-state index in [0.29, 0.717) is 0 Å². The van der Waals surface area contributed by atoms with E-state index in [4.69, 9.17) is 0 Å². The smallest absolute Gasteiger partial charge is 0.0794 e. The van der Waals surface area contributed by atoms with Crippen molar-refractivity contribution < 1.29 is 5.11 Å². The summed E-state index contributed by atoms with van der Waals surface area (Å²) in [6, 6.07) is 0. The lowest BCUT2D eigenvalue weighted by molar-refractivity contribution is 0.233. The van der Waals surface area contributed by atoms with Crippen LogP contribution in [0.25, 0.3) is 0 Å². The first-order valence-electron chi connectivity index (χ1n) is 4.12. The number of nitrogens with zero attached hydrogens (tertiary/aromatic N) is 1. The van der Waals surface area contributed by atoms with E-state index in [2.05, 4.69) is 18.8 Å². The second kappa shape index (κ2) is 2.30. The summed E-state index contributed by atoms with van der Waals surface area (Å²) in [6.07, 6.45) is 2.97. The van der Waals surface area contributed by atoms with Crippen molar-refractivity contribution in [2.45, 2.75) is 25.7 Å². The van der Waals surface area contributed by atoms with E-state index < -0.39 is 0 Å². The summed E-state index contributed by atoms with van der Waals surface area (Å²) in [5, 5.41) is 9.34. The minimum Gasteiger partial charge on any atom is -0.395 e. The molecule has 1 N–H and O–H groups in total. The van der Waals surface area contributed by atoms with E-state index >= 15 is 0 Å². The third kappa shape index (κ3) is 0.866. The highest BCUT2D eigenvalue weighted by atomic mass is 32.1. The van der Waals surface area contributed by atoms with Gasteiger partial charge >= 0.3 is 0 Å². The predicted molar refractivity (Wildman–Crippen MR) is 49.3 cm³/mol. The Hall–Kier alpha value is -0.410. The van der Waals surface area contributed by atoms with E-state index in [1.54, 1.807) is 11.3 Å². The molecule has 2 nitrogen and oxygen atoms in total. The molecule has 2 rings (SSSR count). The van der Waals surface area contributed by atoms with E-state index in [9.17, 15) is 5.11 Å². The fourth-order valence-corrected chi connectivity index (χ4v) is 2.93. The Morgan fingerprint density at radius 3 is 2.67 bits per heavy atom. The Morgan fingerprint density at radius 2 is 2.33 bits per heavy atom. The quantitative estimate of drug-likeness (QED) is 0.758. The van der Waals surface area contributed by atoms with E-state index in [-0.39, 0.29) is 17.4 Å². The second-order valence-corrected chi connectivity index (χ2v) is 5.05. The molecule has 1 aromatic heterocycles. The van der Waals surface area contributed by atoms with Crippen LogP contribution in [0, 0.1) is 5.41 Å². The summed E-state index contributed by atoms with van der Waals surface area (Å²) >= 11 is 1.65. The summed E-state index contributed by atoms with van der Waals surface area (Å²) in [6.45, 7) is 4.65. The van der Waals surface area contributed by atoms with Gasteiger partial charge in [-0.2, -0.15) is 0 Å². The van der Waals surface area contributed by atoms with Crippen LogP contribution in [0.2, 0.25) is 0 Å². The molecule has 0 saturated heterocycles. The maximum Gasteiger partial charge on any atom is 0.0794 e. The van der Waals surface area contributed by atoms with Crippen molar-refractivity contribution >= 4 is 11.3 Å². The van der Waals surface area contributed by atoms with E-state index in [0.717, 1.165) is 6.42 Å². The molecule has 0 amide bonds. The average molecular weight is 183 g/mol. The molecule has 1 heterocycles. The lowest BCUT2D eigenvalue weighted by atomic mass is 9.96. The van der Waals surface area contributed by atoms with Crippen LogP contribution >= 0.6 is 11.3 Å². The monoisotopic (exact) mass is 183 g/mol. The predicted octanol–water partition coefficient (Wildman–Crippen LogP) is 1.80. The molecule has 1 atom stereocenters. The van der Waals surface area contributed by atoms with Crippen molar-refractivity contribution in [3.63, 3.8) is 0 Å². The minimum atomic E-state index is 0.0220. The van der Waals surface area contributed by atoms with Crippen molar-refractivity contribution in [1.29, 1.82) is 0 Å². The van der Waals surface area contributed by atoms with Crippen LogP contribution < -0.4 is 0 Å². The number of hydrogen-bond acceptors (Lipinski definition) is 3. The number of aliphatic hydroxyl groups excluding tert-OH is 1. The lowest BCUT2D eigenvalue weighted by Gasteiger charge is -2.14. The molecule has 0 aliphatic heterocycles. The minimum absolute atomic E-state index is 0.0220. The van der Waals surface area contributed by atoms with Crippen LogP contribution in [0.5, 0.6) is 0 Å². The molecule has 0 radical (unpaired) electrons. The summed E-state index contributed by atoms with van der Waals surface area (Å²) in [4.78, 5) is 5.28. The molecule has 1 unspecified atom stereocenters. The molecule has 1 aliphatic rings. The van der Waals surface area contributed by atoms with Gasteiger partial charge in [0.2, 0.25) is 0 Å². The molecule has 12 heavy (non-hydrogen) atoms. The zero-order valence-corrected chi connectivity index (χ0v) is 8.19. The molecule has 66 valence electrons. The topological polar surface area (TPSA) is 33.1 Å².